The Morgan fingerprint density at radius 1 is 0.766 bits per heavy atom. The largest absolute Gasteiger partial charge is 0.406 e. The fraction of sp³-hybridized carbons (Fsp3) is 0.291. The quantitative estimate of drug-likeness (QED) is 0.0681. The maximum absolute atomic E-state index is 13.5. The standard InChI is InChI=1S/C30H36N4O3S2Si.C25H26ClN5O4S2/c1-30(2,3)40(27-10-6-4-7-11-27,28-12-8-5-9-13-28)37-23-24-22-34(20-18-31-24)25-14-16-26(17-15-25)39(35,36)33-29-32-19-21-38-29;1-17(30-10-8-18-2-3-19(26)14-23(18)30)24(33)31-12-11-29(15-21(31)16-32)20-4-6-22(7-5-20)37(34,35)28-25-27-9-13-36-25/h4-17,19,21,24,31H,18,20,22-23H2,1-3H3,(H,32,33);2-10,13-14,17,21,32H,11-12,15-16H2,1H3,(H,27,28)/t24-;17-,21+/m10/s1. The van der Waals surface area contributed by atoms with Gasteiger partial charge in [0.05, 0.1) is 34.6 Å². The number of nitrogens with one attached hydrogen (secondary N) is 3. The highest BCUT2D eigenvalue weighted by atomic mass is 35.5. The normalized spacial score (nSPS) is 16.9. The topological polar surface area (TPSA) is 191 Å². The number of carbonyl (C=O) groups is 1. The van der Waals surface area contributed by atoms with Crippen molar-refractivity contribution in [1.82, 2.24) is 24.8 Å². The van der Waals surface area contributed by atoms with Crippen molar-refractivity contribution in [3.63, 3.8) is 0 Å². The summed E-state index contributed by atoms with van der Waals surface area (Å²) in [4.78, 5) is 27.9. The predicted molar refractivity (Wildman–Crippen MR) is 313 cm³/mol. The number of aliphatic hydroxyl groups is 1. The monoisotopic (exact) mass is 1150 g/mol. The summed E-state index contributed by atoms with van der Waals surface area (Å²) < 4.78 is 64.8. The zero-order valence-corrected chi connectivity index (χ0v) is 48.1. The van der Waals surface area contributed by atoms with Gasteiger partial charge >= 0.3 is 0 Å². The van der Waals surface area contributed by atoms with E-state index in [2.05, 4.69) is 111 Å². The SMILES string of the molecule is CC(C)(C)[Si](OC[C@H]1CN(c2ccc(S(=O)(=O)Nc3nccs3)cc2)CCN1)(c1ccccc1)c1ccccc1.C[C@@H](C(=O)N1CCN(c2ccc(S(=O)(=O)Nc3nccs3)cc2)C[C@@H]1CO)n1ccc2ccc(Cl)cc21. The van der Waals surface area contributed by atoms with Crippen molar-refractivity contribution in [2.75, 3.05) is 71.7 Å². The molecule has 3 atom stereocenters. The van der Waals surface area contributed by atoms with Crippen LogP contribution in [0.1, 0.15) is 33.7 Å². The van der Waals surface area contributed by atoms with Crippen LogP contribution < -0.4 is 34.9 Å². The number of piperazine rings is 2. The van der Waals surface area contributed by atoms with Crippen LogP contribution in [0.5, 0.6) is 0 Å². The molecule has 5 heterocycles. The minimum Gasteiger partial charge on any atom is -0.406 e. The van der Waals surface area contributed by atoms with Crippen molar-refractivity contribution >= 4 is 111 Å². The molecule has 0 aliphatic carbocycles. The van der Waals surface area contributed by atoms with Gasteiger partial charge in [-0.05, 0) is 94.5 Å². The van der Waals surface area contributed by atoms with E-state index in [-0.39, 0.29) is 33.4 Å². The maximum Gasteiger partial charge on any atom is 0.263 e. The number of sulfonamides is 2. The Hall–Kier alpha value is -6.14. The van der Waals surface area contributed by atoms with Gasteiger partial charge in [-0.3, -0.25) is 14.2 Å². The molecule has 8 aromatic rings. The van der Waals surface area contributed by atoms with E-state index in [1.807, 2.05) is 59.0 Å². The molecule has 0 bridgehead atoms. The Balaban J connectivity index is 0.000000188. The van der Waals surface area contributed by atoms with Crippen LogP contribution in [0.2, 0.25) is 10.1 Å². The first-order valence-corrected chi connectivity index (χ1v) is 32.2. The van der Waals surface area contributed by atoms with E-state index in [9.17, 15) is 26.7 Å². The van der Waals surface area contributed by atoms with Crippen molar-refractivity contribution in [1.29, 1.82) is 0 Å². The van der Waals surface area contributed by atoms with Gasteiger partial charge in [0.25, 0.3) is 28.4 Å². The number of hydrogen-bond donors (Lipinski definition) is 4. The molecule has 0 radical (unpaired) electrons. The molecular weight excluding hydrogens is 1090 g/mol. The summed E-state index contributed by atoms with van der Waals surface area (Å²) in [6, 6.07) is 41.8. The third-order valence-electron chi connectivity index (χ3n) is 13.9. The number of halogens is 1. The molecule has 2 saturated heterocycles. The average Bonchev–Trinajstić information content (AvgIpc) is 4.28. The molecule has 2 fully saturated rings. The molecule has 22 heteroatoms. The van der Waals surface area contributed by atoms with E-state index < -0.39 is 40.4 Å². The number of aromatic nitrogens is 3. The van der Waals surface area contributed by atoms with Gasteiger partial charge in [-0.25, -0.2) is 26.8 Å². The Labute approximate surface area is 464 Å². The highest BCUT2D eigenvalue weighted by molar-refractivity contribution is 7.93. The van der Waals surface area contributed by atoms with Crippen LogP contribution in [0.15, 0.2) is 173 Å². The molecule has 4 N–H and O–H groups in total. The van der Waals surface area contributed by atoms with Crippen LogP contribution in [-0.4, -0.2) is 120 Å². The number of thiazole rings is 2. The summed E-state index contributed by atoms with van der Waals surface area (Å²) in [7, 11) is -10.0. The Kier molecular flexibility index (Phi) is 17.2. The number of aliphatic hydroxyl groups excluding tert-OH is 1. The summed E-state index contributed by atoms with van der Waals surface area (Å²) in [5, 5.41) is 21.9. The second-order valence-electron chi connectivity index (χ2n) is 19.9. The highest BCUT2D eigenvalue weighted by Crippen LogP contribution is 2.37. The summed E-state index contributed by atoms with van der Waals surface area (Å²) in [5.74, 6) is -0.0779. The van der Waals surface area contributed by atoms with E-state index in [1.165, 1.54) is 39.2 Å². The molecule has 3 aromatic heterocycles. The first kappa shape index (κ1) is 55.6. The highest BCUT2D eigenvalue weighted by Gasteiger charge is 2.50. The van der Waals surface area contributed by atoms with Crippen LogP contribution in [-0.2, 0) is 29.3 Å². The first-order valence-electron chi connectivity index (χ1n) is 25.2. The molecule has 2 aliphatic rings. The number of fused-ring (bicyclic) bond motifs is 1. The molecule has 10 rings (SSSR count). The van der Waals surface area contributed by atoms with E-state index in [0.29, 0.717) is 41.5 Å². The van der Waals surface area contributed by atoms with E-state index in [4.69, 9.17) is 16.0 Å². The molecular formula is C55H62ClN9O7S4Si. The van der Waals surface area contributed by atoms with Crippen molar-refractivity contribution in [2.24, 2.45) is 0 Å². The van der Waals surface area contributed by atoms with E-state index in [1.54, 1.807) is 58.3 Å². The lowest BCUT2D eigenvalue weighted by Gasteiger charge is -2.44. The summed E-state index contributed by atoms with van der Waals surface area (Å²) in [6.45, 7) is 12.9. The minimum atomic E-state index is -3.74. The fourth-order valence-corrected chi connectivity index (χ4v) is 18.4. The number of rotatable bonds is 16. The second-order valence-corrected chi connectivity index (χ2v) is 29.8. The molecule has 16 nitrogen and oxygen atoms in total. The number of amides is 1. The van der Waals surface area contributed by atoms with Gasteiger partial charge in [-0.2, -0.15) is 0 Å². The Morgan fingerprint density at radius 3 is 1.82 bits per heavy atom. The van der Waals surface area contributed by atoms with Crippen LogP contribution in [0.3, 0.4) is 0 Å². The summed E-state index contributed by atoms with van der Waals surface area (Å²) in [6.07, 6.45) is 4.99. The van der Waals surface area contributed by atoms with Gasteiger partial charge in [-0.15, -0.1) is 22.7 Å². The third-order valence-corrected chi connectivity index (χ3v) is 23.5. The molecule has 1 amide bonds. The number of anilines is 4. The Morgan fingerprint density at radius 2 is 1.31 bits per heavy atom. The van der Waals surface area contributed by atoms with Crippen molar-refractivity contribution in [2.45, 2.75) is 60.6 Å². The van der Waals surface area contributed by atoms with Crippen LogP contribution in [0.4, 0.5) is 21.6 Å². The first-order chi connectivity index (χ1) is 37.0. The zero-order chi connectivity index (χ0) is 54.4. The lowest BCUT2D eigenvalue weighted by Crippen LogP contribution is -2.68. The van der Waals surface area contributed by atoms with Crippen LogP contribution in [0.25, 0.3) is 10.9 Å². The van der Waals surface area contributed by atoms with E-state index in [0.717, 1.165) is 41.9 Å². The number of nitrogens with zero attached hydrogens (tertiary/aromatic N) is 6. The number of benzene rings is 5. The fourth-order valence-electron chi connectivity index (χ4n) is 10.1. The van der Waals surface area contributed by atoms with Crippen molar-refractivity contribution in [3.05, 3.63) is 168 Å². The van der Waals surface area contributed by atoms with Gasteiger partial charge in [0, 0.05) is 91.1 Å². The minimum absolute atomic E-state index is 0.0779. The van der Waals surface area contributed by atoms with E-state index >= 15 is 0 Å². The summed E-state index contributed by atoms with van der Waals surface area (Å²) >= 11 is 8.63. The molecule has 0 spiro atoms. The molecule has 77 heavy (non-hydrogen) atoms. The lowest BCUT2D eigenvalue weighted by atomic mass is 10.1. The van der Waals surface area contributed by atoms with Gasteiger partial charge in [0.1, 0.15) is 6.04 Å². The predicted octanol–water partition coefficient (Wildman–Crippen LogP) is 8.12. The van der Waals surface area contributed by atoms with Crippen molar-refractivity contribution in [3.8, 4) is 0 Å². The van der Waals surface area contributed by atoms with Crippen LogP contribution >= 0.6 is 34.3 Å². The summed E-state index contributed by atoms with van der Waals surface area (Å²) in [5.41, 5.74) is 2.69. The smallest absolute Gasteiger partial charge is 0.263 e. The van der Waals surface area contributed by atoms with Gasteiger partial charge < -0.3 is 34.1 Å². The lowest BCUT2D eigenvalue weighted by molar-refractivity contribution is -0.138. The zero-order valence-electron chi connectivity index (χ0n) is 43.1. The second kappa shape index (κ2) is 23.8. The molecule has 0 saturated carbocycles. The molecule has 404 valence electrons. The van der Waals surface area contributed by atoms with Gasteiger partial charge in [0.15, 0.2) is 10.3 Å². The average molecular weight is 1150 g/mol. The molecule has 2 aliphatic heterocycles. The van der Waals surface area contributed by atoms with Gasteiger partial charge in [-0.1, -0.05) is 99.1 Å². The number of carbonyl (C=O) groups excluding carboxylic acids is 1. The van der Waals surface area contributed by atoms with Crippen LogP contribution in [0, 0.1) is 0 Å². The third kappa shape index (κ3) is 12.6. The molecule has 0 unspecified atom stereocenters. The number of hydrogen-bond acceptors (Lipinski definition) is 14. The maximum atomic E-state index is 13.5. The Bertz CT molecular complexity index is 3410. The van der Waals surface area contributed by atoms with Crippen molar-refractivity contribution < 1.29 is 31.2 Å². The van der Waals surface area contributed by atoms with Gasteiger partial charge in [0.2, 0.25) is 5.91 Å². The molecule has 5 aromatic carbocycles.